The highest BCUT2D eigenvalue weighted by Gasteiger charge is 2.61. The molecule has 0 radical (unpaired) electrons. The summed E-state index contributed by atoms with van der Waals surface area (Å²) in [6.07, 6.45) is 6.97. The van der Waals surface area contributed by atoms with E-state index in [0.717, 1.165) is 18.8 Å². The van der Waals surface area contributed by atoms with E-state index in [1.807, 2.05) is 0 Å². The number of hydrogen-bond donors (Lipinski definition) is 0. The summed E-state index contributed by atoms with van der Waals surface area (Å²) in [7, 11) is 0. The van der Waals surface area contributed by atoms with Gasteiger partial charge in [-0.1, -0.05) is 32.3 Å². The van der Waals surface area contributed by atoms with Gasteiger partial charge in [-0.25, -0.2) is 0 Å². The summed E-state index contributed by atoms with van der Waals surface area (Å²) >= 11 is 0. The average Bonchev–Trinajstić information content (AvgIpc) is 2.66. The normalized spacial score (nSPS) is 49.9. The molecule has 4 nitrogen and oxygen atoms in total. The number of azide groups is 1. The Morgan fingerprint density at radius 3 is 2.55 bits per heavy atom. The van der Waals surface area contributed by atoms with Gasteiger partial charge in [0, 0.05) is 4.91 Å². The van der Waals surface area contributed by atoms with Gasteiger partial charge < -0.3 is 4.74 Å². The van der Waals surface area contributed by atoms with Crippen LogP contribution in [0.3, 0.4) is 0 Å². The molecule has 0 aromatic rings. The van der Waals surface area contributed by atoms with E-state index in [0.29, 0.717) is 16.7 Å². The molecule has 20 heavy (non-hydrogen) atoms. The Bertz CT molecular complexity index is 457. The smallest absolute Gasteiger partial charge is 0.137 e. The molecule has 0 N–H and O–H groups in total. The third-order valence-electron chi connectivity index (χ3n) is 6.76. The highest BCUT2D eigenvalue weighted by Crippen LogP contribution is 2.65. The van der Waals surface area contributed by atoms with Gasteiger partial charge in [0.2, 0.25) is 0 Å². The SMILES string of the molecule is CC1(C)CCC[C@@]2(C)C1CC[C@@]1(C)OC(N=[N+]=[N-])C[C@@H]12. The Hall–Kier alpha value is -0.730. The van der Waals surface area contributed by atoms with Crippen molar-refractivity contribution >= 4 is 0 Å². The third-order valence-corrected chi connectivity index (χ3v) is 6.76. The summed E-state index contributed by atoms with van der Waals surface area (Å²) in [5.41, 5.74) is 9.39. The lowest BCUT2D eigenvalue weighted by atomic mass is 9.45. The monoisotopic (exact) mass is 277 g/mol. The van der Waals surface area contributed by atoms with Crippen molar-refractivity contribution in [2.75, 3.05) is 0 Å². The molecule has 2 saturated carbocycles. The van der Waals surface area contributed by atoms with Crippen LogP contribution in [0.5, 0.6) is 0 Å². The van der Waals surface area contributed by atoms with Gasteiger partial charge >= 0.3 is 0 Å². The van der Waals surface area contributed by atoms with Crippen LogP contribution in [-0.2, 0) is 4.74 Å². The van der Waals surface area contributed by atoms with Crippen LogP contribution >= 0.6 is 0 Å². The molecule has 0 spiro atoms. The largest absolute Gasteiger partial charge is 0.366 e. The first-order valence-corrected chi connectivity index (χ1v) is 8.04. The van der Waals surface area contributed by atoms with Gasteiger partial charge in [-0.15, -0.1) is 0 Å². The van der Waals surface area contributed by atoms with Crippen LogP contribution in [0.15, 0.2) is 5.11 Å². The van der Waals surface area contributed by atoms with E-state index in [9.17, 15) is 0 Å². The minimum absolute atomic E-state index is 0.0858. The number of fused-ring (bicyclic) bond motifs is 3. The molecule has 0 aromatic carbocycles. The molecule has 112 valence electrons. The lowest BCUT2D eigenvalue weighted by Gasteiger charge is -2.60. The highest BCUT2D eigenvalue weighted by molar-refractivity contribution is 5.10. The van der Waals surface area contributed by atoms with Crippen molar-refractivity contribution in [3.05, 3.63) is 10.4 Å². The molecule has 5 atom stereocenters. The Labute approximate surface area is 121 Å². The molecule has 4 heteroatoms. The number of ether oxygens (including phenoxy) is 1. The summed E-state index contributed by atoms with van der Waals surface area (Å²) in [5.74, 6) is 1.30. The van der Waals surface area contributed by atoms with Crippen LogP contribution in [0, 0.1) is 22.7 Å². The summed E-state index contributed by atoms with van der Waals surface area (Å²) in [4.78, 5) is 2.96. The molecule has 0 amide bonds. The molecule has 2 unspecified atom stereocenters. The van der Waals surface area contributed by atoms with Crippen LogP contribution in [0.1, 0.15) is 66.2 Å². The standard InChI is InChI=1S/C16H27N3O/c1-14(2)7-5-8-15(3)11(14)6-9-16(4)12(15)10-13(20-16)18-19-17/h11-13H,5-10H2,1-4H3/t11?,12-,13?,15+,16-/m1/s1. The van der Waals surface area contributed by atoms with Crippen molar-refractivity contribution in [2.24, 2.45) is 27.8 Å². The van der Waals surface area contributed by atoms with Crippen molar-refractivity contribution in [3.63, 3.8) is 0 Å². The Morgan fingerprint density at radius 1 is 1.10 bits per heavy atom. The van der Waals surface area contributed by atoms with E-state index in [-0.39, 0.29) is 11.8 Å². The highest BCUT2D eigenvalue weighted by atomic mass is 16.5. The number of nitrogens with zero attached hydrogens (tertiary/aromatic N) is 3. The maximum absolute atomic E-state index is 8.70. The predicted molar refractivity (Wildman–Crippen MR) is 79.0 cm³/mol. The van der Waals surface area contributed by atoms with E-state index in [2.05, 4.69) is 37.7 Å². The van der Waals surface area contributed by atoms with Crippen molar-refractivity contribution in [2.45, 2.75) is 78.0 Å². The number of hydrogen-bond acceptors (Lipinski definition) is 2. The topological polar surface area (TPSA) is 58.0 Å². The summed E-state index contributed by atoms with van der Waals surface area (Å²) in [5, 5.41) is 3.86. The molecular weight excluding hydrogens is 250 g/mol. The Morgan fingerprint density at radius 2 is 1.85 bits per heavy atom. The van der Waals surface area contributed by atoms with E-state index >= 15 is 0 Å². The fourth-order valence-corrected chi connectivity index (χ4v) is 5.95. The zero-order chi connectivity index (χ0) is 14.6. The van der Waals surface area contributed by atoms with Crippen LogP contribution in [-0.4, -0.2) is 11.8 Å². The van der Waals surface area contributed by atoms with Crippen molar-refractivity contribution in [3.8, 4) is 0 Å². The van der Waals surface area contributed by atoms with E-state index in [1.54, 1.807) is 0 Å². The third kappa shape index (κ3) is 1.88. The molecule has 0 bridgehead atoms. The summed E-state index contributed by atoms with van der Waals surface area (Å²) in [6.45, 7) is 9.60. The number of rotatable bonds is 1. The van der Waals surface area contributed by atoms with Crippen molar-refractivity contribution in [1.29, 1.82) is 0 Å². The lowest BCUT2D eigenvalue weighted by Crippen LogP contribution is -2.55. The molecule has 3 rings (SSSR count). The average molecular weight is 277 g/mol. The van der Waals surface area contributed by atoms with Gasteiger partial charge in [0.1, 0.15) is 6.23 Å². The van der Waals surface area contributed by atoms with Gasteiger partial charge in [0.25, 0.3) is 0 Å². The molecular formula is C16H27N3O. The van der Waals surface area contributed by atoms with Crippen molar-refractivity contribution < 1.29 is 4.74 Å². The molecule has 1 aliphatic heterocycles. The second-order valence-corrected chi connectivity index (χ2v) is 8.32. The molecule has 1 heterocycles. The molecule has 3 fully saturated rings. The van der Waals surface area contributed by atoms with Gasteiger partial charge in [-0.3, -0.25) is 0 Å². The zero-order valence-corrected chi connectivity index (χ0v) is 13.2. The van der Waals surface area contributed by atoms with Gasteiger partial charge in [-0.2, -0.15) is 0 Å². The van der Waals surface area contributed by atoms with E-state index in [4.69, 9.17) is 10.3 Å². The zero-order valence-electron chi connectivity index (χ0n) is 13.2. The maximum atomic E-state index is 8.70. The minimum Gasteiger partial charge on any atom is -0.366 e. The summed E-state index contributed by atoms with van der Waals surface area (Å²) < 4.78 is 6.16. The van der Waals surface area contributed by atoms with Crippen LogP contribution in [0.2, 0.25) is 0 Å². The van der Waals surface area contributed by atoms with Gasteiger partial charge in [0.05, 0.1) is 5.60 Å². The summed E-state index contributed by atoms with van der Waals surface area (Å²) in [6, 6.07) is 0. The van der Waals surface area contributed by atoms with Gasteiger partial charge in [0.15, 0.2) is 0 Å². The lowest BCUT2D eigenvalue weighted by molar-refractivity contribution is -0.154. The minimum atomic E-state index is -0.254. The molecule has 3 aliphatic rings. The fourth-order valence-electron chi connectivity index (χ4n) is 5.95. The van der Waals surface area contributed by atoms with Gasteiger partial charge in [-0.05, 0) is 67.2 Å². The second kappa shape index (κ2) is 4.38. The quantitative estimate of drug-likeness (QED) is 0.376. The second-order valence-electron chi connectivity index (χ2n) is 8.32. The van der Waals surface area contributed by atoms with E-state index in [1.165, 1.54) is 25.7 Å². The van der Waals surface area contributed by atoms with Crippen LogP contribution in [0.25, 0.3) is 10.4 Å². The molecule has 0 aromatic heterocycles. The molecule has 1 saturated heterocycles. The van der Waals surface area contributed by atoms with Crippen LogP contribution < -0.4 is 0 Å². The first-order chi connectivity index (χ1) is 9.32. The Balaban J connectivity index is 1.95. The first-order valence-electron chi connectivity index (χ1n) is 8.04. The predicted octanol–water partition coefficient (Wildman–Crippen LogP) is 5.04. The fraction of sp³-hybridized carbons (Fsp3) is 1.00. The first kappa shape index (κ1) is 14.2. The Kier molecular flexibility index (Phi) is 3.11. The van der Waals surface area contributed by atoms with E-state index < -0.39 is 0 Å². The molecule has 2 aliphatic carbocycles. The van der Waals surface area contributed by atoms with Crippen molar-refractivity contribution in [1.82, 2.24) is 0 Å². The maximum Gasteiger partial charge on any atom is 0.137 e. The van der Waals surface area contributed by atoms with Crippen LogP contribution in [0.4, 0.5) is 0 Å².